The van der Waals surface area contributed by atoms with E-state index in [0.29, 0.717) is 18.9 Å². The lowest BCUT2D eigenvalue weighted by atomic mass is 9.99. The second-order valence-corrected chi connectivity index (χ2v) is 6.00. The zero-order valence-corrected chi connectivity index (χ0v) is 16.2. The summed E-state index contributed by atoms with van der Waals surface area (Å²) >= 11 is 0. The number of hydrogen-bond acceptors (Lipinski definition) is 2. The third-order valence-electron chi connectivity index (χ3n) is 3.75. The summed E-state index contributed by atoms with van der Waals surface area (Å²) in [6.07, 6.45) is 2.21. The maximum atomic E-state index is 12.3. The molecule has 0 bridgehead atoms. The van der Waals surface area contributed by atoms with Crippen molar-refractivity contribution in [1.29, 1.82) is 0 Å². The first-order valence-electron chi connectivity index (χ1n) is 7.97. The van der Waals surface area contributed by atoms with Gasteiger partial charge in [-0.1, -0.05) is 24.3 Å². The van der Waals surface area contributed by atoms with Gasteiger partial charge in [0.1, 0.15) is 0 Å². The van der Waals surface area contributed by atoms with E-state index in [0.717, 1.165) is 25.9 Å². The third kappa shape index (κ3) is 6.37. The molecule has 5 nitrogen and oxygen atoms in total. The predicted octanol–water partition coefficient (Wildman–Crippen LogP) is 2.28. The molecule has 0 atom stereocenters. The van der Waals surface area contributed by atoms with Gasteiger partial charge >= 0.3 is 0 Å². The summed E-state index contributed by atoms with van der Waals surface area (Å²) < 4.78 is 0. The van der Waals surface area contributed by atoms with Gasteiger partial charge in [-0.2, -0.15) is 0 Å². The first kappa shape index (κ1) is 19.7. The molecule has 2 rings (SSSR count). The Morgan fingerprint density at radius 3 is 2.74 bits per heavy atom. The van der Waals surface area contributed by atoms with Crippen molar-refractivity contribution in [3.05, 3.63) is 35.4 Å². The zero-order chi connectivity index (χ0) is 15.9. The topological polar surface area (TPSA) is 70.7 Å². The number of amides is 1. The average molecular weight is 430 g/mol. The number of carbonyl (C=O) groups excluding carboxylic acids is 1. The molecule has 1 aliphatic heterocycles. The molecule has 0 fully saturated rings. The monoisotopic (exact) mass is 430 g/mol. The Labute approximate surface area is 155 Å². The van der Waals surface area contributed by atoms with E-state index in [1.54, 1.807) is 0 Å². The first-order valence-corrected chi connectivity index (χ1v) is 7.97. The summed E-state index contributed by atoms with van der Waals surface area (Å²) in [6, 6.07) is 8.63. The largest absolute Gasteiger partial charge is 0.370 e. The summed E-state index contributed by atoms with van der Waals surface area (Å²) in [5, 5.41) is 3.04. The van der Waals surface area contributed by atoms with Crippen LogP contribution in [0.2, 0.25) is 0 Å². The van der Waals surface area contributed by atoms with Gasteiger partial charge in [0.05, 0.1) is 0 Å². The maximum absolute atomic E-state index is 12.3. The predicted molar refractivity (Wildman–Crippen MR) is 105 cm³/mol. The van der Waals surface area contributed by atoms with Crippen molar-refractivity contribution in [3.63, 3.8) is 0 Å². The summed E-state index contributed by atoms with van der Waals surface area (Å²) in [7, 11) is 0. The Bertz CT molecular complexity index is 545. The number of halogens is 1. The highest BCUT2D eigenvalue weighted by molar-refractivity contribution is 14.0. The maximum Gasteiger partial charge on any atom is 0.222 e. The Morgan fingerprint density at radius 2 is 2.04 bits per heavy atom. The number of carbonyl (C=O) groups is 1. The number of guanidine groups is 1. The molecule has 1 amide bonds. The summed E-state index contributed by atoms with van der Waals surface area (Å²) in [4.78, 5) is 18.4. The van der Waals surface area contributed by atoms with Crippen molar-refractivity contribution in [2.24, 2.45) is 10.7 Å². The molecular weight excluding hydrogens is 403 g/mol. The Morgan fingerprint density at radius 1 is 1.35 bits per heavy atom. The fourth-order valence-corrected chi connectivity index (χ4v) is 2.64. The molecule has 0 saturated carbocycles. The number of nitrogens with zero attached hydrogens (tertiary/aromatic N) is 2. The molecule has 128 valence electrons. The second-order valence-electron chi connectivity index (χ2n) is 6.00. The van der Waals surface area contributed by atoms with E-state index in [1.165, 1.54) is 11.1 Å². The minimum Gasteiger partial charge on any atom is -0.370 e. The lowest BCUT2D eigenvalue weighted by molar-refractivity contribution is -0.132. The van der Waals surface area contributed by atoms with Crippen LogP contribution in [-0.4, -0.2) is 35.9 Å². The highest BCUT2D eigenvalue weighted by Crippen LogP contribution is 2.19. The van der Waals surface area contributed by atoms with Crippen LogP contribution in [0.15, 0.2) is 29.3 Å². The van der Waals surface area contributed by atoms with Gasteiger partial charge < -0.3 is 16.0 Å². The number of fused-ring (bicyclic) bond motifs is 1. The van der Waals surface area contributed by atoms with Crippen LogP contribution < -0.4 is 11.1 Å². The minimum atomic E-state index is 0. The van der Waals surface area contributed by atoms with E-state index in [1.807, 2.05) is 24.8 Å². The quantitative estimate of drug-likeness (QED) is 0.326. The molecule has 0 saturated heterocycles. The molecule has 0 radical (unpaired) electrons. The molecule has 3 N–H and O–H groups in total. The third-order valence-corrected chi connectivity index (χ3v) is 3.75. The molecule has 6 heteroatoms. The van der Waals surface area contributed by atoms with Crippen molar-refractivity contribution in [2.75, 3.05) is 13.1 Å². The van der Waals surface area contributed by atoms with E-state index in [9.17, 15) is 4.79 Å². The fourth-order valence-electron chi connectivity index (χ4n) is 2.64. The number of rotatable bonds is 5. The summed E-state index contributed by atoms with van der Waals surface area (Å²) in [5.74, 6) is 0.662. The van der Waals surface area contributed by atoms with Crippen LogP contribution in [-0.2, 0) is 17.8 Å². The first-order chi connectivity index (χ1) is 10.6. The van der Waals surface area contributed by atoms with Gasteiger partial charge in [0.15, 0.2) is 5.96 Å². The molecule has 0 spiro atoms. The van der Waals surface area contributed by atoms with Gasteiger partial charge in [0.25, 0.3) is 0 Å². The van der Waals surface area contributed by atoms with Crippen LogP contribution in [0.25, 0.3) is 0 Å². The van der Waals surface area contributed by atoms with Crippen molar-refractivity contribution >= 4 is 35.8 Å². The van der Waals surface area contributed by atoms with Crippen molar-refractivity contribution in [3.8, 4) is 0 Å². The SMILES string of the molecule is CC(C)NC(N)=NCCCC(=O)N1CCc2ccccc2C1.I. The Hall–Kier alpha value is -1.31. The van der Waals surface area contributed by atoms with Gasteiger partial charge in [0.2, 0.25) is 5.91 Å². The van der Waals surface area contributed by atoms with Crippen LogP contribution in [0.3, 0.4) is 0 Å². The highest BCUT2D eigenvalue weighted by atomic mass is 127. The van der Waals surface area contributed by atoms with Gasteiger partial charge in [-0.3, -0.25) is 9.79 Å². The summed E-state index contributed by atoms with van der Waals surface area (Å²) in [5.41, 5.74) is 8.36. The molecule has 0 unspecified atom stereocenters. The molecule has 1 aliphatic rings. The van der Waals surface area contributed by atoms with Crippen LogP contribution in [0.1, 0.15) is 37.8 Å². The lowest BCUT2D eigenvalue weighted by Gasteiger charge is -2.28. The zero-order valence-electron chi connectivity index (χ0n) is 13.9. The average Bonchev–Trinajstić information content (AvgIpc) is 2.50. The Balaban J connectivity index is 0.00000264. The normalized spacial score (nSPS) is 14.2. The molecule has 0 aliphatic carbocycles. The smallest absolute Gasteiger partial charge is 0.222 e. The van der Waals surface area contributed by atoms with Gasteiger partial charge in [-0.05, 0) is 37.8 Å². The van der Waals surface area contributed by atoms with Crippen molar-refractivity contribution in [2.45, 2.75) is 45.7 Å². The molecule has 1 aromatic rings. The van der Waals surface area contributed by atoms with Gasteiger partial charge in [-0.25, -0.2) is 0 Å². The molecule has 23 heavy (non-hydrogen) atoms. The van der Waals surface area contributed by atoms with Gasteiger partial charge in [0, 0.05) is 32.1 Å². The van der Waals surface area contributed by atoms with E-state index in [4.69, 9.17) is 5.73 Å². The number of nitrogens with one attached hydrogen (secondary N) is 1. The van der Waals surface area contributed by atoms with Crippen molar-refractivity contribution in [1.82, 2.24) is 10.2 Å². The number of nitrogens with two attached hydrogens (primary N) is 1. The molecule has 1 aromatic carbocycles. The highest BCUT2D eigenvalue weighted by Gasteiger charge is 2.19. The number of benzene rings is 1. The molecular formula is C17H27IN4O. The standard InChI is InChI=1S/C17H26N4O.HI/c1-13(2)20-17(18)19-10-5-8-16(22)21-11-9-14-6-3-4-7-15(14)12-21;/h3-4,6-7,13H,5,8-12H2,1-2H3,(H3,18,19,20);1H. The van der Waals surface area contributed by atoms with E-state index in [2.05, 4.69) is 28.5 Å². The molecule has 0 aromatic heterocycles. The number of hydrogen-bond donors (Lipinski definition) is 2. The van der Waals surface area contributed by atoms with Crippen molar-refractivity contribution < 1.29 is 4.79 Å². The fraction of sp³-hybridized carbons (Fsp3) is 0.529. The van der Waals surface area contributed by atoms with Crippen LogP contribution in [0, 0.1) is 0 Å². The van der Waals surface area contributed by atoms with Crippen LogP contribution >= 0.6 is 24.0 Å². The van der Waals surface area contributed by atoms with Gasteiger partial charge in [-0.15, -0.1) is 24.0 Å². The van der Waals surface area contributed by atoms with E-state index >= 15 is 0 Å². The second kappa shape index (κ2) is 9.75. The van der Waals surface area contributed by atoms with E-state index in [-0.39, 0.29) is 35.9 Å². The van der Waals surface area contributed by atoms with Crippen LogP contribution in [0.4, 0.5) is 0 Å². The Kier molecular flexibility index (Phi) is 8.36. The molecule has 1 heterocycles. The minimum absolute atomic E-state index is 0. The number of aliphatic imine (C=N–C) groups is 1. The van der Waals surface area contributed by atoms with E-state index < -0.39 is 0 Å². The lowest BCUT2D eigenvalue weighted by Crippen LogP contribution is -2.37. The summed E-state index contributed by atoms with van der Waals surface area (Å²) in [6.45, 7) is 6.16. The van der Waals surface area contributed by atoms with Crippen LogP contribution in [0.5, 0.6) is 0 Å².